The second kappa shape index (κ2) is 12.4. The van der Waals surface area contributed by atoms with Crippen molar-refractivity contribution in [3.8, 4) is 11.8 Å². The molecular weight excluding hydrogens is 487 g/mol. The molecule has 1 aliphatic carbocycles. The van der Waals surface area contributed by atoms with Gasteiger partial charge in [-0.1, -0.05) is 11.6 Å². The minimum Gasteiger partial charge on any atom is -0.490 e. The van der Waals surface area contributed by atoms with Crippen molar-refractivity contribution in [1.29, 1.82) is 5.26 Å². The van der Waals surface area contributed by atoms with Gasteiger partial charge >= 0.3 is 0 Å². The number of amides is 1. The second-order valence-corrected chi connectivity index (χ2v) is 9.43. The summed E-state index contributed by atoms with van der Waals surface area (Å²) in [5.74, 6) is 1.34. The molecule has 0 atom stereocenters. The lowest BCUT2D eigenvalue weighted by molar-refractivity contribution is 0.0887. The molecule has 2 N–H and O–H groups in total. The Labute approximate surface area is 217 Å². The molecule has 10 heteroatoms. The van der Waals surface area contributed by atoms with Gasteiger partial charge in [0, 0.05) is 30.7 Å². The Morgan fingerprint density at radius 2 is 1.80 bits per heavy atom. The lowest BCUT2D eigenvalue weighted by Gasteiger charge is -2.32. The topological polar surface area (TPSA) is 103 Å². The molecule has 1 saturated carbocycles. The Morgan fingerprint density at radius 3 is 2.40 bits per heavy atom. The highest BCUT2D eigenvalue weighted by Gasteiger charge is 2.26. The molecule has 0 unspecified atom stereocenters. The third-order valence-electron chi connectivity index (χ3n) is 6.87. The maximum absolute atomic E-state index is 12.7. The largest absolute Gasteiger partial charge is 0.490 e. The van der Waals surface area contributed by atoms with Crippen LogP contribution in [0.15, 0.2) is 24.3 Å². The van der Waals surface area contributed by atoms with Gasteiger partial charge in [-0.2, -0.15) is 5.26 Å². The van der Waals surface area contributed by atoms with Crippen LogP contribution in [0.2, 0.25) is 5.02 Å². The molecule has 0 spiro atoms. The molecule has 0 bridgehead atoms. The fraction of sp³-hybridized carbons (Fsp3) is 0.520. The van der Waals surface area contributed by atoms with Gasteiger partial charge in [0.05, 0.1) is 16.7 Å². The summed E-state index contributed by atoms with van der Waals surface area (Å²) in [7, 11) is 2.00. The predicted octanol–water partition coefficient (Wildman–Crippen LogP) is 4.04. The zero-order valence-corrected chi connectivity index (χ0v) is 21.7. The summed E-state index contributed by atoms with van der Waals surface area (Å²) in [6.45, 7) is 3.73. The molecule has 4 rings (SSSR count). The Morgan fingerprint density at radius 1 is 1.09 bits per heavy atom. The van der Waals surface area contributed by atoms with Gasteiger partial charge in [-0.15, -0.1) is 22.6 Å². The smallest absolute Gasteiger partial charge is 0.272 e. The number of hydrogen-bond acceptors (Lipinski definition) is 7. The average molecular weight is 519 g/mol. The minimum absolute atomic E-state index is 0. The number of nitrogens with zero attached hydrogens (tertiary/aromatic N) is 4. The van der Waals surface area contributed by atoms with E-state index in [0.29, 0.717) is 28.1 Å². The van der Waals surface area contributed by atoms with Crippen molar-refractivity contribution in [2.24, 2.45) is 0 Å². The summed E-state index contributed by atoms with van der Waals surface area (Å²) in [5, 5.41) is 24.4. The van der Waals surface area contributed by atoms with Crippen LogP contribution in [0.5, 0.6) is 5.75 Å². The standard InChI is InChI=1S/C25H31ClN6O2.ClH/c1-16-22(9-3-17(15-27)24(16)26)34-20-6-4-19(5-7-20)29-25(33)21-8-10-23(31-30-21)32-13-11-18(28-2)12-14-32;/h3,8-10,18-20,28H,4-7,11-14H2,1-2H3,(H,29,33);1H. The van der Waals surface area contributed by atoms with Crippen LogP contribution in [-0.4, -0.2) is 54.4 Å². The maximum atomic E-state index is 12.7. The summed E-state index contributed by atoms with van der Waals surface area (Å²) in [6.07, 6.45) is 5.51. The van der Waals surface area contributed by atoms with Crippen LogP contribution in [0.3, 0.4) is 0 Å². The van der Waals surface area contributed by atoms with Gasteiger partial charge in [-0.25, -0.2) is 0 Å². The number of piperidine rings is 1. The number of anilines is 1. The fourth-order valence-corrected chi connectivity index (χ4v) is 4.86. The van der Waals surface area contributed by atoms with E-state index in [1.165, 1.54) is 0 Å². The van der Waals surface area contributed by atoms with Gasteiger partial charge in [0.15, 0.2) is 11.5 Å². The summed E-state index contributed by atoms with van der Waals surface area (Å²) in [4.78, 5) is 14.9. The number of ether oxygens (including phenoxy) is 1. The first-order chi connectivity index (χ1) is 16.5. The van der Waals surface area contributed by atoms with Crippen molar-refractivity contribution >= 4 is 35.7 Å². The van der Waals surface area contributed by atoms with Gasteiger partial charge in [0.25, 0.3) is 5.91 Å². The van der Waals surface area contributed by atoms with Crippen molar-refractivity contribution in [2.45, 2.75) is 63.6 Å². The predicted molar refractivity (Wildman–Crippen MR) is 139 cm³/mol. The average Bonchev–Trinajstić information content (AvgIpc) is 2.88. The number of halogens is 2. The SMILES string of the molecule is CNC1CCN(c2ccc(C(=O)NC3CCC(Oc4ccc(C#N)c(Cl)c4C)CC3)nn2)CC1.Cl. The Hall–Kier alpha value is -2.60. The first-order valence-electron chi connectivity index (χ1n) is 11.9. The molecule has 8 nitrogen and oxygen atoms in total. The number of carbonyl (C=O) groups excluding carboxylic acids is 1. The summed E-state index contributed by atoms with van der Waals surface area (Å²) in [5.41, 5.74) is 1.58. The third-order valence-corrected chi connectivity index (χ3v) is 7.36. The van der Waals surface area contributed by atoms with Crippen molar-refractivity contribution in [1.82, 2.24) is 20.8 Å². The summed E-state index contributed by atoms with van der Waals surface area (Å²) in [6, 6.07) is 9.86. The molecule has 188 valence electrons. The highest BCUT2D eigenvalue weighted by atomic mass is 35.5. The number of nitrogens with one attached hydrogen (secondary N) is 2. The van der Waals surface area contributed by atoms with Gasteiger partial charge in [0.2, 0.25) is 0 Å². The van der Waals surface area contributed by atoms with E-state index < -0.39 is 0 Å². The molecular formula is C25H32Cl2N6O2. The zero-order chi connectivity index (χ0) is 24.1. The molecule has 2 fully saturated rings. The van der Waals surface area contributed by atoms with Crippen LogP contribution in [0.1, 0.15) is 60.1 Å². The number of benzene rings is 1. The number of aromatic nitrogens is 2. The molecule has 1 aromatic heterocycles. The van der Waals surface area contributed by atoms with Crippen LogP contribution in [0.25, 0.3) is 0 Å². The lowest BCUT2D eigenvalue weighted by atomic mass is 9.92. The second-order valence-electron chi connectivity index (χ2n) is 9.05. The van der Waals surface area contributed by atoms with E-state index in [4.69, 9.17) is 21.6 Å². The number of nitriles is 1. The molecule has 1 aliphatic heterocycles. The van der Waals surface area contributed by atoms with E-state index >= 15 is 0 Å². The van der Waals surface area contributed by atoms with E-state index in [2.05, 4.69) is 31.8 Å². The van der Waals surface area contributed by atoms with E-state index in [-0.39, 0.29) is 30.5 Å². The van der Waals surface area contributed by atoms with Crippen LogP contribution in [0.4, 0.5) is 5.82 Å². The highest BCUT2D eigenvalue weighted by molar-refractivity contribution is 6.32. The monoisotopic (exact) mass is 518 g/mol. The lowest BCUT2D eigenvalue weighted by Crippen LogP contribution is -2.42. The van der Waals surface area contributed by atoms with Gasteiger partial charge in [-0.05, 0) is 76.8 Å². The molecule has 1 aromatic carbocycles. The highest BCUT2D eigenvalue weighted by Crippen LogP contribution is 2.32. The Bertz CT molecular complexity index is 1040. The first-order valence-corrected chi connectivity index (χ1v) is 12.3. The van der Waals surface area contributed by atoms with Crippen molar-refractivity contribution < 1.29 is 9.53 Å². The quantitative estimate of drug-likeness (QED) is 0.594. The molecule has 2 heterocycles. The molecule has 35 heavy (non-hydrogen) atoms. The maximum Gasteiger partial charge on any atom is 0.272 e. The van der Waals surface area contributed by atoms with E-state index in [1.807, 2.05) is 20.0 Å². The van der Waals surface area contributed by atoms with E-state index in [9.17, 15) is 4.79 Å². The van der Waals surface area contributed by atoms with Crippen LogP contribution >= 0.6 is 24.0 Å². The summed E-state index contributed by atoms with van der Waals surface area (Å²) < 4.78 is 6.15. The van der Waals surface area contributed by atoms with Crippen molar-refractivity contribution in [2.75, 3.05) is 25.0 Å². The van der Waals surface area contributed by atoms with E-state index in [1.54, 1.807) is 18.2 Å². The fourth-order valence-electron chi connectivity index (χ4n) is 4.66. The van der Waals surface area contributed by atoms with Gasteiger partial charge in [0.1, 0.15) is 11.8 Å². The third kappa shape index (κ3) is 6.54. The van der Waals surface area contributed by atoms with Gasteiger partial charge < -0.3 is 20.3 Å². The first kappa shape index (κ1) is 27.0. The number of carbonyl (C=O) groups is 1. The number of hydrogen-bond donors (Lipinski definition) is 2. The Kier molecular flexibility index (Phi) is 9.55. The summed E-state index contributed by atoms with van der Waals surface area (Å²) >= 11 is 6.25. The molecule has 2 aromatic rings. The van der Waals surface area contributed by atoms with Crippen molar-refractivity contribution in [3.05, 3.63) is 46.1 Å². The van der Waals surface area contributed by atoms with Gasteiger partial charge in [-0.3, -0.25) is 4.79 Å². The number of rotatable bonds is 6. The molecule has 0 radical (unpaired) electrons. The van der Waals surface area contributed by atoms with Crippen molar-refractivity contribution in [3.63, 3.8) is 0 Å². The normalized spacial score (nSPS) is 20.5. The molecule has 1 amide bonds. The Balaban J connectivity index is 0.00000342. The minimum atomic E-state index is -0.188. The molecule has 1 saturated heterocycles. The van der Waals surface area contributed by atoms with Crippen LogP contribution in [-0.2, 0) is 0 Å². The van der Waals surface area contributed by atoms with E-state index in [0.717, 1.165) is 63.0 Å². The zero-order valence-electron chi connectivity index (χ0n) is 20.1. The van der Waals surface area contributed by atoms with Crippen LogP contribution in [0, 0.1) is 18.3 Å². The molecule has 2 aliphatic rings. The van der Waals surface area contributed by atoms with Crippen LogP contribution < -0.4 is 20.3 Å².